The van der Waals surface area contributed by atoms with Crippen LogP contribution in [0.4, 0.5) is 20.2 Å². The van der Waals surface area contributed by atoms with Gasteiger partial charge in [-0.2, -0.15) is 0 Å². The van der Waals surface area contributed by atoms with Crippen LogP contribution in [-0.4, -0.2) is 13.4 Å². The number of hydrogen-bond donors (Lipinski definition) is 2. The van der Waals surface area contributed by atoms with Gasteiger partial charge in [0.1, 0.15) is 16.5 Å². The molecule has 1 aromatic heterocycles. The second-order valence-electron chi connectivity index (χ2n) is 3.64. The molecule has 0 amide bonds. The third-order valence-corrected chi connectivity index (χ3v) is 3.68. The smallest absolute Gasteiger partial charge is 0.264 e. The Labute approximate surface area is 108 Å². The van der Waals surface area contributed by atoms with E-state index in [1.165, 1.54) is 18.5 Å². The molecule has 5 nitrogen and oxygen atoms in total. The maximum Gasteiger partial charge on any atom is 0.264 e. The number of nitrogen functional groups attached to an aromatic ring is 1. The molecule has 0 radical (unpaired) electrons. The van der Waals surface area contributed by atoms with Crippen LogP contribution in [0.15, 0.2) is 41.6 Å². The van der Waals surface area contributed by atoms with Gasteiger partial charge in [-0.25, -0.2) is 17.2 Å². The van der Waals surface area contributed by atoms with E-state index in [1.54, 1.807) is 0 Å². The Morgan fingerprint density at radius 2 is 1.95 bits per heavy atom. The SMILES string of the molecule is Nc1cnccc1NS(=O)(=O)c1ccc(F)cc1F. The molecule has 0 saturated carbocycles. The second-order valence-corrected chi connectivity index (χ2v) is 5.29. The highest BCUT2D eigenvalue weighted by molar-refractivity contribution is 7.92. The van der Waals surface area contributed by atoms with Crippen LogP contribution in [0.25, 0.3) is 0 Å². The van der Waals surface area contributed by atoms with E-state index in [2.05, 4.69) is 9.71 Å². The predicted molar refractivity (Wildman–Crippen MR) is 65.8 cm³/mol. The average Bonchev–Trinajstić information content (AvgIpc) is 2.31. The number of pyridine rings is 1. The monoisotopic (exact) mass is 285 g/mol. The van der Waals surface area contributed by atoms with Crippen LogP contribution in [0.2, 0.25) is 0 Å². The molecular formula is C11H9F2N3O2S. The zero-order chi connectivity index (χ0) is 14.0. The van der Waals surface area contributed by atoms with E-state index in [1.807, 2.05) is 0 Å². The highest BCUT2D eigenvalue weighted by atomic mass is 32.2. The number of nitrogens with two attached hydrogens (primary N) is 1. The first-order valence-corrected chi connectivity index (χ1v) is 6.56. The first-order valence-electron chi connectivity index (χ1n) is 5.07. The Hall–Kier alpha value is -2.22. The molecule has 0 aliphatic heterocycles. The molecule has 100 valence electrons. The van der Waals surface area contributed by atoms with Crippen molar-refractivity contribution in [2.75, 3.05) is 10.5 Å². The first-order chi connectivity index (χ1) is 8.90. The second kappa shape index (κ2) is 4.81. The molecule has 1 aromatic carbocycles. The average molecular weight is 285 g/mol. The standard InChI is InChI=1S/C11H9F2N3O2S/c12-7-1-2-11(8(13)5-7)19(17,18)16-10-3-4-15-6-9(10)14/h1-6H,14H2,(H,15,16). The summed E-state index contributed by atoms with van der Waals surface area (Å²) in [6.07, 6.45) is 2.58. The Morgan fingerprint density at radius 3 is 2.58 bits per heavy atom. The summed E-state index contributed by atoms with van der Waals surface area (Å²) in [6, 6.07) is 3.51. The van der Waals surface area contributed by atoms with Crippen molar-refractivity contribution in [3.8, 4) is 0 Å². The fourth-order valence-electron chi connectivity index (χ4n) is 1.39. The third kappa shape index (κ3) is 2.79. The van der Waals surface area contributed by atoms with Crippen LogP contribution in [0.3, 0.4) is 0 Å². The molecular weight excluding hydrogens is 276 g/mol. The van der Waals surface area contributed by atoms with Crippen LogP contribution in [0.1, 0.15) is 0 Å². The normalized spacial score (nSPS) is 11.3. The number of rotatable bonds is 3. The minimum absolute atomic E-state index is 0.0683. The highest BCUT2D eigenvalue weighted by Gasteiger charge is 2.20. The van der Waals surface area contributed by atoms with E-state index in [9.17, 15) is 17.2 Å². The maximum atomic E-state index is 13.4. The van der Waals surface area contributed by atoms with Crippen molar-refractivity contribution < 1.29 is 17.2 Å². The number of nitrogens with zero attached hydrogens (tertiary/aromatic N) is 1. The van der Waals surface area contributed by atoms with Gasteiger partial charge in [-0.3, -0.25) is 9.71 Å². The van der Waals surface area contributed by atoms with Crippen molar-refractivity contribution in [2.24, 2.45) is 0 Å². The van der Waals surface area contributed by atoms with Gasteiger partial charge < -0.3 is 5.73 Å². The van der Waals surface area contributed by atoms with Gasteiger partial charge in [-0.1, -0.05) is 0 Å². The Kier molecular flexibility index (Phi) is 3.34. The van der Waals surface area contributed by atoms with Gasteiger partial charge in [0.25, 0.3) is 10.0 Å². The lowest BCUT2D eigenvalue weighted by Gasteiger charge is -2.10. The molecule has 0 unspecified atom stereocenters. The van der Waals surface area contributed by atoms with Gasteiger partial charge in [0.2, 0.25) is 0 Å². The summed E-state index contributed by atoms with van der Waals surface area (Å²) in [5.41, 5.74) is 5.68. The summed E-state index contributed by atoms with van der Waals surface area (Å²) in [5.74, 6) is -2.04. The van der Waals surface area contributed by atoms with Crippen LogP contribution < -0.4 is 10.5 Å². The molecule has 3 N–H and O–H groups in total. The van der Waals surface area contributed by atoms with Crippen molar-refractivity contribution in [2.45, 2.75) is 4.90 Å². The number of hydrogen-bond acceptors (Lipinski definition) is 4. The van der Waals surface area contributed by atoms with Crippen molar-refractivity contribution in [3.63, 3.8) is 0 Å². The van der Waals surface area contributed by atoms with Crippen LogP contribution in [0.5, 0.6) is 0 Å². The third-order valence-electron chi connectivity index (χ3n) is 2.28. The summed E-state index contributed by atoms with van der Waals surface area (Å²) < 4.78 is 52.2. The molecule has 0 atom stereocenters. The van der Waals surface area contributed by atoms with E-state index in [4.69, 9.17) is 5.73 Å². The van der Waals surface area contributed by atoms with Crippen molar-refractivity contribution >= 4 is 21.4 Å². The van der Waals surface area contributed by atoms with Gasteiger partial charge in [0.15, 0.2) is 0 Å². The van der Waals surface area contributed by atoms with Crippen LogP contribution >= 0.6 is 0 Å². The summed E-state index contributed by atoms with van der Waals surface area (Å²) in [6.45, 7) is 0. The Balaban J connectivity index is 2.41. The molecule has 0 saturated heterocycles. The molecule has 0 spiro atoms. The Bertz CT molecular complexity index is 720. The van der Waals surface area contributed by atoms with Crippen LogP contribution in [-0.2, 0) is 10.0 Å². The molecule has 0 bridgehead atoms. The lowest BCUT2D eigenvalue weighted by molar-refractivity contribution is 0.551. The van der Waals surface area contributed by atoms with E-state index in [0.29, 0.717) is 6.07 Å². The zero-order valence-corrected chi connectivity index (χ0v) is 10.3. The quantitative estimate of drug-likeness (QED) is 0.899. The van der Waals surface area contributed by atoms with E-state index < -0.39 is 26.6 Å². The number of anilines is 2. The number of sulfonamides is 1. The number of nitrogens with one attached hydrogen (secondary N) is 1. The summed E-state index contributed by atoms with van der Waals surface area (Å²) in [7, 11) is -4.18. The molecule has 8 heteroatoms. The van der Waals surface area contributed by atoms with E-state index >= 15 is 0 Å². The molecule has 19 heavy (non-hydrogen) atoms. The molecule has 2 aromatic rings. The first kappa shape index (κ1) is 13.2. The van der Waals surface area contributed by atoms with Gasteiger partial charge in [0.05, 0.1) is 17.6 Å². The zero-order valence-electron chi connectivity index (χ0n) is 9.47. The Morgan fingerprint density at radius 1 is 1.21 bits per heavy atom. The van der Waals surface area contributed by atoms with Crippen molar-refractivity contribution in [1.82, 2.24) is 4.98 Å². The van der Waals surface area contributed by atoms with Gasteiger partial charge >= 0.3 is 0 Å². The fourth-order valence-corrected chi connectivity index (χ4v) is 2.54. The lowest BCUT2D eigenvalue weighted by atomic mass is 10.3. The number of aromatic nitrogens is 1. The summed E-state index contributed by atoms with van der Waals surface area (Å²) >= 11 is 0. The number of halogens is 2. The minimum atomic E-state index is -4.18. The summed E-state index contributed by atoms with van der Waals surface area (Å²) in [5, 5.41) is 0. The van der Waals surface area contributed by atoms with Gasteiger partial charge in [-0.15, -0.1) is 0 Å². The van der Waals surface area contributed by atoms with E-state index in [0.717, 1.165) is 12.1 Å². The van der Waals surface area contributed by atoms with Crippen molar-refractivity contribution in [1.29, 1.82) is 0 Å². The lowest BCUT2D eigenvalue weighted by Crippen LogP contribution is -2.15. The highest BCUT2D eigenvalue weighted by Crippen LogP contribution is 2.22. The molecule has 1 heterocycles. The molecule has 0 aliphatic carbocycles. The summed E-state index contributed by atoms with van der Waals surface area (Å²) in [4.78, 5) is 3.03. The number of benzene rings is 1. The fraction of sp³-hybridized carbons (Fsp3) is 0. The minimum Gasteiger partial charge on any atom is -0.396 e. The van der Waals surface area contributed by atoms with Crippen LogP contribution in [0, 0.1) is 11.6 Å². The van der Waals surface area contributed by atoms with E-state index in [-0.39, 0.29) is 11.4 Å². The maximum absolute atomic E-state index is 13.4. The van der Waals surface area contributed by atoms with Crippen molar-refractivity contribution in [3.05, 3.63) is 48.3 Å². The predicted octanol–water partition coefficient (Wildman–Crippen LogP) is 1.74. The van der Waals surface area contributed by atoms with Gasteiger partial charge in [-0.05, 0) is 18.2 Å². The topological polar surface area (TPSA) is 85.1 Å². The molecule has 0 fully saturated rings. The molecule has 0 aliphatic rings. The molecule has 2 rings (SSSR count). The van der Waals surface area contributed by atoms with Gasteiger partial charge in [0, 0.05) is 12.3 Å². The largest absolute Gasteiger partial charge is 0.396 e.